The summed E-state index contributed by atoms with van der Waals surface area (Å²) in [5.41, 5.74) is 0.0150. The lowest BCUT2D eigenvalue weighted by molar-refractivity contribution is -0.157. The first-order chi connectivity index (χ1) is 10.9. The second kappa shape index (κ2) is 5.00. The van der Waals surface area contributed by atoms with E-state index in [0.717, 1.165) is 38.4 Å². The summed E-state index contributed by atoms with van der Waals surface area (Å²) in [5, 5.41) is 0. The van der Waals surface area contributed by atoms with Gasteiger partial charge >= 0.3 is 0 Å². The molecule has 126 valence electrons. The van der Waals surface area contributed by atoms with Gasteiger partial charge in [-0.2, -0.15) is 0 Å². The number of fused-ring (bicyclic) bond motifs is 5. The van der Waals surface area contributed by atoms with E-state index in [9.17, 15) is 14.4 Å². The van der Waals surface area contributed by atoms with E-state index in [2.05, 4.69) is 13.8 Å². The Hall–Kier alpha value is -0.990. The van der Waals surface area contributed by atoms with Gasteiger partial charge in [0.05, 0.1) is 0 Å². The SMILES string of the molecule is C[C@]12CCC(=O)CC1C[C@@H](C=O)[C@@H]1[C@@H]2CC[C@]2(C)C(=O)CC[C@@H]12. The fraction of sp³-hybridized carbons (Fsp3) is 0.850. The van der Waals surface area contributed by atoms with Crippen LogP contribution in [0.5, 0.6) is 0 Å². The molecule has 0 spiro atoms. The third kappa shape index (κ3) is 1.97. The van der Waals surface area contributed by atoms with Crippen molar-refractivity contribution in [3.63, 3.8) is 0 Å². The minimum absolute atomic E-state index is 0.0551. The van der Waals surface area contributed by atoms with Crippen molar-refractivity contribution in [2.75, 3.05) is 0 Å². The summed E-state index contributed by atoms with van der Waals surface area (Å²) in [5.74, 6) is 2.52. The topological polar surface area (TPSA) is 51.2 Å². The maximum absolute atomic E-state index is 12.5. The van der Waals surface area contributed by atoms with Crippen molar-refractivity contribution in [1.29, 1.82) is 0 Å². The fourth-order valence-corrected chi connectivity index (χ4v) is 7.03. The molecule has 4 rings (SSSR count). The van der Waals surface area contributed by atoms with E-state index in [4.69, 9.17) is 0 Å². The molecule has 3 heteroatoms. The molecule has 0 radical (unpaired) electrons. The van der Waals surface area contributed by atoms with E-state index in [1.54, 1.807) is 0 Å². The van der Waals surface area contributed by atoms with Gasteiger partial charge in [-0.15, -0.1) is 0 Å². The average Bonchev–Trinajstić information content (AvgIpc) is 2.83. The standard InChI is InChI=1S/C20H28O3/c1-19-7-5-14(22)10-13(19)9-12(11-21)18-15-3-4-17(23)20(15,2)8-6-16(18)19/h11-13,15-16,18H,3-10H2,1-2H3/t12-,13?,15-,16-,18-,19-,20-/m0/s1. The number of rotatable bonds is 1. The maximum atomic E-state index is 12.5. The second-order valence-electron chi connectivity index (χ2n) is 9.19. The van der Waals surface area contributed by atoms with Crippen LogP contribution in [-0.4, -0.2) is 17.9 Å². The Morgan fingerprint density at radius 3 is 2.57 bits per heavy atom. The maximum Gasteiger partial charge on any atom is 0.139 e. The van der Waals surface area contributed by atoms with Crippen molar-refractivity contribution in [2.24, 2.45) is 40.4 Å². The molecule has 0 bridgehead atoms. The molecule has 4 aliphatic rings. The van der Waals surface area contributed by atoms with Crippen LogP contribution in [0.4, 0.5) is 0 Å². The van der Waals surface area contributed by atoms with Gasteiger partial charge in [-0.1, -0.05) is 13.8 Å². The van der Waals surface area contributed by atoms with Crippen molar-refractivity contribution >= 4 is 17.9 Å². The molecule has 0 aliphatic heterocycles. The summed E-state index contributed by atoms with van der Waals surface area (Å²) < 4.78 is 0. The molecule has 0 saturated heterocycles. The predicted octanol–water partition coefficient (Wildman–Crippen LogP) is 3.59. The van der Waals surface area contributed by atoms with Crippen LogP contribution >= 0.6 is 0 Å². The smallest absolute Gasteiger partial charge is 0.139 e. The number of carbonyl (C=O) groups is 3. The highest BCUT2D eigenvalue weighted by atomic mass is 16.1. The number of carbonyl (C=O) groups excluding carboxylic acids is 3. The van der Waals surface area contributed by atoms with Crippen LogP contribution in [0.1, 0.15) is 65.2 Å². The van der Waals surface area contributed by atoms with Gasteiger partial charge in [-0.3, -0.25) is 9.59 Å². The van der Waals surface area contributed by atoms with Gasteiger partial charge in [-0.25, -0.2) is 0 Å². The number of aldehydes is 1. The monoisotopic (exact) mass is 316 g/mol. The lowest BCUT2D eigenvalue weighted by Gasteiger charge is -2.60. The van der Waals surface area contributed by atoms with E-state index in [1.807, 2.05) is 0 Å². The van der Waals surface area contributed by atoms with Gasteiger partial charge in [0, 0.05) is 30.6 Å². The average molecular weight is 316 g/mol. The van der Waals surface area contributed by atoms with Gasteiger partial charge in [0.2, 0.25) is 0 Å². The molecule has 7 atom stereocenters. The highest BCUT2D eigenvalue weighted by Crippen LogP contribution is 2.66. The number of ketones is 2. The Balaban J connectivity index is 1.73. The van der Waals surface area contributed by atoms with Gasteiger partial charge in [0.1, 0.15) is 17.9 Å². The molecule has 0 aromatic rings. The molecule has 3 nitrogen and oxygen atoms in total. The van der Waals surface area contributed by atoms with Crippen LogP contribution in [-0.2, 0) is 14.4 Å². The van der Waals surface area contributed by atoms with Crippen LogP contribution in [0.2, 0.25) is 0 Å². The first-order valence-corrected chi connectivity index (χ1v) is 9.40. The summed E-state index contributed by atoms with van der Waals surface area (Å²) >= 11 is 0. The highest BCUT2D eigenvalue weighted by Gasteiger charge is 2.62. The van der Waals surface area contributed by atoms with Crippen molar-refractivity contribution < 1.29 is 14.4 Å². The molecular weight excluding hydrogens is 288 g/mol. The summed E-state index contributed by atoms with van der Waals surface area (Å²) in [7, 11) is 0. The zero-order chi connectivity index (χ0) is 16.4. The van der Waals surface area contributed by atoms with Crippen molar-refractivity contribution in [2.45, 2.75) is 65.2 Å². The van der Waals surface area contributed by atoms with Gasteiger partial charge in [-0.05, 0) is 61.2 Å². The van der Waals surface area contributed by atoms with Crippen molar-refractivity contribution in [1.82, 2.24) is 0 Å². The van der Waals surface area contributed by atoms with E-state index in [0.29, 0.717) is 54.5 Å². The van der Waals surface area contributed by atoms with Gasteiger partial charge in [0.15, 0.2) is 0 Å². The summed E-state index contributed by atoms with van der Waals surface area (Å²) in [6.45, 7) is 4.53. The Kier molecular flexibility index (Phi) is 3.38. The normalized spacial score (nSPS) is 52.5. The van der Waals surface area contributed by atoms with Gasteiger partial charge in [0.25, 0.3) is 0 Å². The first kappa shape index (κ1) is 15.5. The summed E-state index contributed by atoms with van der Waals surface area (Å²) in [4.78, 5) is 36.3. The highest BCUT2D eigenvalue weighted by molar-refractivity contribution is 5.87. The number of hydrogen-bond donors (Lipinski definition) is 0. The van der Waals surface area contributed by atoms with Crippen LogP contribution < -0.4 is 0 Å². The van der Waals surface area contributed by atoms with E-state index >= 15 is 0 Å². The summed E-state index contributed by atoms with van der Waals surface area (Å²) in [6, 6.07) is 0. The number of Topliss-reactive ketones (excluding diaryl/α,β-unsaturated/α-hetero) is 2. The quantitative estimate of drug-likeness (QED) is 0.695. The van der Waals surface area contributed by atoms with Gasteiger partial charge < -0.3 is 4.79 Å². The molecule has 0 aromatic carbocycles. The Labute approximate surface area is 138 Å². The third-order valence-corrected chi connectivity index (χ3v) is 8.46. The molecular formula is C20H28O3. The largest absolute Gasteiger partial charge is 0.303 e. The second-order valence-corrected chi connectivity index (χ2v) is 9.19. The Bertz CT molecular complexity index is 567. The minimum atomic E-state index is -0.184. The van der Waals surface area contributed by atoms with E-state index in [-0.39, 0.29) is 16.7 Å². The van der Waals surface area contributed by atoms with Crippen LogP contribution in [0.3, 0.4) is 0 Å². The van der Waals surface area contributed by atoms with Crippen molar-refractivity contribution in [3.8, 4) is 0 Å². The molecule has 1 unspecified atom stereocenters. The fourth-order valence-electron chi connectivity index (χ4n) is 7.03. The molecule has 0 N–H and O–H groups in total. The zero-order valence-corrected chi connectivity index (χ0v) is 14.3. The molecule has 4 aliphatic carbocycles. The molecule has 0 amide bonds. The molecule has 4 fully saturated rings. The van der Waals surface area contributed by atoms with Crippen molar-refractivity contribution in [3.05, 3.63) is 0 Å². The minimum Gasteiger partial charge on any atom is -0.303 e. The Morgan fingerprint density at radius 1 is 1.04 bits per heavy atom. The lowest BCUT2D eigenvalue weighted by Crippen LogP contribution is -2.57. The van der Waals surface area contributed by atoms with Crippen LogP contribution in [0.25, 0.3) is 0 Å². The van der Waals surface area contributed by atoms with E-state index in [1.165, 1.54) is 0 Å². The van der Waals surface area contributed by atoms with Crippen LogP contribution in [0.15, 0.2) is 0 Å². The molecule has 0 aromatic heterocycles. The predicted molar refractivity (Wildman–Crippen MR) is 86.7 cm³/mol. The van der Waals surface area contributed by atoms with E-state index < -0.39 is 0 Å². The van der Waals surface area contributed by atoms with Crippen LogP contribution in [0, 0.1) is 40.4 Å². The zero-order valence-electron chi connectivity index (χ0n) is 14.3. The molecule has 4 saturated carbocycles. The third-order valence-electron chi connectivity index (χ3n) is 8.46. The molecule has 0 heterocycles. The lowest BCUT2D eigenvalue weighted by atomic mass is 9.43. The first-order valence-electron chi connectivity index (χ1n) is 9.40. The molecule has 23 heavy (non-hydrogen) atoms. The summed E-state index contributed by atoms with van der Waals surface area (Å²) in [6.07, 6.45) is 8.12. The Morgan fingerprint density at radius 2 is 1.83 bits per heavy atom. The number of hydrogen-bond acceptors (Lipinski definition) is 3.